The number of ether oxygens (including phenoxy) is 1. The van der Waals surface area contributed by atoms with Crippen LogP contribution in [0.2, 0.25) is 0 Å². The van der Waals surface area contributed by atoms with Gasteiger partial charge in [-0.2, -0.15) is 5.10 Å². The van der Waals surface area contributed by atoms with E-state index in [4.69, 9.17) is 9.26 Å². The van der Waals surface area contributed by atoms with Crippen LogP contribution in [0.15, 0.2) is 71.8 Å². The smallest absolute Gasteiger partial charge is 0.163 e. The molecule has 0 amide bonds. The molecule has 2 aromatic carbocycles. The fraction of sp³-hybridized carbons (Fsp3) is 0.227. The van der Waals surface area contributed by atoms with Crippen molar-refractivity contribution in [2.45, 2.75) is 31.8 Å². The summed E-state index contributed by atoms with van der Waals surface area (Å²) in [4.78, 5) is 3.84. The highest BCUT2D eigenvalue weighted by Crippen LogP contribution is 2.32. The maximum atomic E-state index is 14.6. The van der Waals surface area contributed by atoms with E-state index in [0.717, 1.165) is 17.7 Å². The Morgan fingerprint density at radius 1 is 1.16 bits per heavy atom. The van der Waals surface area contributed by atoms with Crippen molar-refractivity contribution < 1.29 is 23.1 Å². The molecule has 0 spiro atoms. The monoisotopic (exact) mass is 426 g/mol. The lowest BCUT2D eigenvalue weighted by Gasteiger charge is -2.34. The highest BCUT2D eigenvalue weighted by atomic mass is 19.1. The minimum atomic E-state index is -1.85. The molecular formula is C22H20F2N4O3. The molecule has 0 aliphatic rings. The molecule has 0 radical (unpaired) electrons. The molecule has 0 fully saturated rings. The number of aliphatic hydroxyl groups is 1. The van der Waals surface area contributed by atoms with Gasteiger partial charge in [0.05, 0.1) is 12.6 Å². The van der Waals surface area contributed by atoms with Crippen LogP contribution in [-0.4, -0.2) is 31.1 Å². The number of rotatable bonds is 8. The summed E-state index contributed by atoms with van der Waals surface area (Å²) < 4.78 is 40.5. The van der Waals surface area contributed by atoms with Gasteiger partial charge in [-0.05, 0) is 13.0 Å². The Hall–Kier alpha value is -3.43. The van der Waals surface area contributed by atoms with Crippen LogP contribution in [-0.2, 0) is 23.5 Å². The first-order valence-corrected chi connectivity index (χ1v) is 9.58. The molecule has 0 aliphatic heterocycles. The van der Waals surface area contributed by atoms with E-state index in [9.17, 15) is 13.9 Å². The van der Waals surface area contributed by atoms with Crippen molar-refractivity contribution in [2.75, 3.05) is 0 Å². The maximum Gasteiger partial charge on any atom is 0.163 e. The van der Waals surface area contributed by atoms with E-state index < -0.39 is 23.3 Å². The number of benzene rings is 2. The van der Waals surface area contributed by atoms with Gasteiger partial charge in [0.25, 0.3) is 0 Å². The van der Waals surface area contributed by atoms with Crippen molar-refractivity contribution >= 4 is 0 Å². The van der Waals surface area contributed by atoms with E-state index in [1.807, 2.05) is 30.3 Å². The zero-order chi connectivity index (χ0) is 21.8. The molecule has 0 bridgehead atoms. The third-order valence-electron chi connectivity index (χ3n) is 5.04. The van der Waals surface area contributed by atoms with Gasteiger partial charge in [0.15, 0.2) is 5.76 Å². The molecular weight excluding hydrogens is 406 g/mol. The van der Waals surface area contributed by atoms with Gasteiger partial charge in [-0.3, -0.25) is 0 Å². The number of halogens is 2. The Balaban J connectivity index is 1.55. The topological polar surface area (TPSA) is 86.2 Å². The van der Waals surface area contributed by atoms with E-state index in [1.54, 1.807) is 13.0 Å². The van der Waals surface area contributed by atoms with E-state index in [2.05, 4.69) is 15.2 Å². The lowest BCUT2D eigenvalue weighted by Crippen LogP contribution is -2.44. The maximum absolute atomic E-state index is 14.6. The van der Waals surface area contributed by atoms with Crippen LogP contribution < -0.4 is 0 Å². The fourth-order valence-corrected chi connectivity index (χ4v) is 3.31. The second-order valence-electron chi connectivity index (χ2n) is 7.14. The second kappa shape index (κ2) is 8.75. The van der Waals surface area contributed by atoms with Crippen molar-refractivity contribution in [3.8, 4) is 11.3 Å². The van der Waals surface area contributed by atoms with E-state index in [0.29, 0.717) is 11.5 Å². The first-order valence-electron chi connectivity index (χ1n) is 9.58. The van der Waals surface area contributed by atoms with Crippen molar-refractivity contribution in [3.63, 3.8) is 0 Å². The molecule has 2 atom stereocenters. The van der Waals surface area contributed by atoms with Crippen molar-refractivity contribution in [3.05, 3.63) is 90.2 Å². The summed E-state index contributed by atoms with van der Waals surface area (Å²) in [5.74, 6) is -1.19. The van der Waals surface area contributed by atoms with Gasteiger partial charge in [-0.15, -0.1) is 0 Å². The normalized spacial score (nSPS) is 14.3. The van der Waals surface area contributed by atoms with Crippen molar-refractivity contribution in [2.24, 2.45) is 0 Å². The van der Waals surface area contributed by atoms with Gasteiger partial charge in [0.2, 0.25) is 0 Å². The SMILES string of the molecule is C[C@@H](OCc1cc(-c2ccccc2)no1)C(O)(Cn1cncn1)c1ccc(F)cc1F. The summed E-state index contributed by atoms with van der Waals surface area (Å²) >= 11 is 0. The van der Waals surface area contributed by atoms with Gasteiger partial charge in [-0.1, -0.05) is 41.6 Å². The summed E-state index contributed by atoms with van der Waals surface area (Å²) in [7, 11) is 0. The summed E-state index contributed by atoms with van der Waals surface area (Å²) in [5, 5.41) is 19.4. The van der Waals surface area contributed by atoms with E-state index >= 15 is 0 Å². The number of hydrogen-bond donors (Lipinski definition) is 1. The van der Waals surface area contributed by atoms with Gasteiger partial charge in [0.1, 0.15) is 42.2 Å². The quantitative estimate of drug-likeness (QED) is 0.462. The average molecular weight is 426 g/mol. The van der Waals surface area contributed by atoms with Gasteiger partial charge in [0, 0.05) is 23.3 Å². The van der Waals surface area contributed by atoms with Crippen LogP contribution in [0.3, 0.4) is 0 Å². The summed E-state index contributed by atoms with van der Waals surface area (Å²) in [6, 6.07) is 14.2. The zero-order valence-electron chi connectivity index (χ0n) is 16.7. The molecule has 160 valence electrons. The van der Waals surface area contributed by atoms with Gasteiger partial charge < -0.3 is 14.4 Å². The van der Waals surface area contributed by atoms with E-state index in [1.165, 1.54) is 23.4 Å². The summed E-state index contributed by atoms with van der Waals surface area (Å²) in [6.07, 6.45) is 1.77. The highest BCUT2D eigenvalue weighted by Gasteiger charge is 2.40. The molecule has 31 heavy (non-hydrogen) atoms. The standard InChI is InChI=1S/C22H20F2N4O3/c1-15(30-11-18-10-21(27-31-18)16-5-3-2-4-6-16)22(29,12-28-14-25-13-26-28)19-8-7-17(23)9-20(19)24/h2-10,13-15,29H,11-12H2,1H3/t15-,22?/m1/s1. The summed E-state index contributed by atoms with van der Waals surface area (Å²) in [6.45, 7) is 1.43. The third-order valence-corrected chi connectivity index (χ3v) is 5.04. The first-order chi connectivity index (χ1) is 15.0. The van der Waals surface area contributed by atoms with Crippen molar-refractivity contribution in [1.29, 1.82) is 0 Å². The largest absolute Gasteiger partial charge is 0.380 e. The third kappa shape index (κ3) is 4.52. The number of nitrogens with zero attached hydrogens (tertiary/aromatic N) is 4. The molecule has 7 nitrogen and oxygen atoms in total. The van der Waals surface area contributed by atoms with Crippen LogP contribution in [0.25, 0.3) is 11.3 Å². The van der Waals surface area contributed by atoms with Crippen molar-refractivity contribution in [1.82, 2.24) is 19.9 Å². The summed E-state index contributed by atoms with van der Waals surface area (Å²) in [5.41, 5.74) is -0.427. The van der Waals surface area contributed by atoms with Crippen LogP contribution >= 0.6 is 0 Å². The minimum absolute atomic E-state index is 0.0104. The molecule has 0 saturated heterocycles. The molecule has 1 N–H and O–H groups in total. The van der Waals surface area contributed by atoms with Crippen LogP contribution in [0, 0.1) is 11.6 Å². The first kappa shape index (κ1) is 20.8. The van der Waals surface area contributed by atoms with Crippen LogP contribution in [0.5, 0.6) is 0 Å². The molecule has 0 saturated carbocycles. The molecule has 0 aliphatic carbocycles. The minimum Gasteiger partial charge on any atom is -0.380 e. The highest BCUT2D eigenvalue weighted by molar-refractivity contribution is 5.58. The lowest BCUT2D eigenvalue weighted by atomic mass is 9.88. The Morgan fingerprint density at radius 2 is 1.97 bits per heavy atom. The predicted octanol–water partition coefficient (Wildman–Crippen LogP) is 3.70. The average Bonchev–Trinajstić information content (AvgIpc) is 3.44. The van der Waals surface area contributed by atoms with Crippen LogP contribution in [0.1, 0.15) is 18.2 Å². The molecule has 2 heterocycles. The molecule has 9 heteroatoms. The zero-order valence-corrected chi connectivity index (χ0v) is 16.7. The Labute approximate surface area is 176 Å². The Morgan fingerprint density at radius 3 is 2.68 bits per heavy atom. The molecule has 1 unspecified atom stereocenters. The Bertz CT molecular complexity index is 1130. The van der Waals surface area contributed by atoms with Crippen LogP contribution in [0.4, 0.5) is 8.78 Å². The van der Waals surface area contributed by atoms with Gasteiger partial charge in [-0.25, -0.2) is 18.4 Å². The number of aromatic nitrogens is 4. The Kier molecular flexibility index (Phi) is 5.88. The predicted molar refractivity (Wildman–Crippen MR) is 106 cm³/mol. The molecule has 4 rings (SSSR count). The van der Waals surface area contributed by atoms with Gasteiger partial charge >= 0.3 is 0 Å². The fourth-order valence-electron chi connectivity index (χ4n) is 3.31. The second-order valence-corrected chi connectivity index (χ2v) is 7.14. The molecule has 4 aromatic rings. The lowest BCUT2D eigenvalue weighted by molar-refractivity contribution is -0.126. The molecule has 2 aromatic heterocycles. The number of hydrogen-bond acceptors (Lipinski definition) is 6. The van der Waals surface area contributed by atoms with E-state index in [-0.39, 0.29) is 18.7 Å².